The normalized spacial score (nSPS) is 16.4. The van der Waals surface area contributed by atoms with Crippen LogP contribution in [0.4, 0.5) is 5.82 Å². The van der Waals surface area contributed by atoms with Crippen molar-refractivity contribution in [1.29, 1.82) is 0 Å². The second kappa shape index (κ2) is 5.27. The first-order chi connectivity index (χ1) is 8.47. The van der Waals surface area contributed by atoms with E-state index in [9.17, 15) is 0 Å². The quantitative estimate of drug-likeness (QED) is 0.886. The molecule has 0 saturated heterocycles. The molecule has 0 aromatic carbocycles. The molecule has 0 spiro atoms. The lowest BCUT2D eigenvalue weighted by Gasteiger charge is -2.36. The molecule has 0 aliphatic heterocycles. The molecule has 2 rings (SSSR count). The van der Waals surface area contributed by atoms with E-state index < -0.39 is 0 Å². The van der Waals surface area contributed by atoms with E-state index in [1.807, 2.05) is 12.3 Å². The Hall–Kier alpha value is -1.09. The first-order valence-electron chi connectivity index (χ1n) is 6.89. The molecule has 3 nitrogen and oxygen atoms in total. The largest absolute Gasteiger partial charge is 0.356 e. The molecule has 1 fully saturated rings. The number of nitrogens with one attached hydrogen (secondary N) is 1. The van der Waals surface area contributed by atoms with Gasteiger partial charge in [0.2, 0.25) is 0 Å². The zero-order valence-corrected chi connectivity index (χ0v) is 12.0. The van der Waals surface area contributed by atoms with E-state index in [4.69, 9.17) is 0 Å². The summed E-state index contributed by atoms with van der Waals surface area (Å²) in [6, 6.07) is 4.89. The summed E-state index contributed by atoms with van der Waals surface area (Å²) in [6.07, 6.45) is 5.86. The van der Waals surface area contributed by atoms with Crippen LogP contribution in [0.25, 0.3) is 0 Å². The van der Waals surface area contributed by atoms with Gasteiger partial charge in [-0.05, 0) is 46.1 Å². The van der Waals surface area contributed by atoms with E-state index in [-0.39, 0.29) is 5.54 Å². The predicted molar refractivity (Wildman–Crippen MR) is 76.9 cm³/mol. The van der Waals surface area contributed by atoms with Crippen LogP contribution in [0.15, 0.2) is 18.3 Å². The van der Waals surface area contributed by atoms with Crippen molar-refractivity contribution in [3.63, 3.8) is 0 Å². The standard InChI is InChI=1S/C15H25N3/c1-15(2,3)17-11-12-7-6-10-16-14(12)18(4)13-8-5-9-13/h6-7,10,13,17H,5,8-9,11H2,1-4H3. The third kappa shape index (κ3) is 3.22. The van der Waals surface area contributed by atoms with Crippen molar-refractivity contribution in [2.24, 2.45) is 0 Å². The molecule has 0 bridgehead atoms. The minimum absolute atomic E-state index is 0.141. The van der Waals surface area contributed by atoms with Gasteiger partial charge in [-0.25, -0.2) is 4.98 Å². The number of hydrogen-bond donors (Lipinski definition) is 1. The first kappa shape index (κ1) is 13.3. The van der Waals surface area contributed by atoms with Gasteiger partial charge >= 0.3 is 0 Å². The molecule has 1 saturated carbocycles. The summed E-state index contributed by atoms with van der Waals surface area (Å²) in [5.41, 5.74) is 1.43. The Labute approximate surface area is 111 Å². The van der Waals surface area contributed by atoms with Gasteiger partial charge in [-0.3, -0.25) is 0 Å². The summed E-state index contributed by atoms with van der Waals surface area (Å²) >= 11 is 0. The van der Waals surface area contributed by atoms with Crippen LogP contribution in [-0.2, 0) is 6.54 Å². The summed E-state index contributed by atoms with van der Waals surface area (Å²) < 4.78 is 0. The SMILES string of the molecule is CN(c1ncccc1CNC(C)(C)C)C1CCC1. The first-order valence-corrected chi connectivity index (χ1v) is 6.89. The maximum absolute atomic E-state index is 4.57. The molecule has 1 aliphatic carbocycles. The van der Waals surface area contributed by atoms with Gasteiger partial charge in [-0.15, -0.1) is 0 Å². The van der Waals surface area contributed by atoms with Crippen LogP contribution < -0.4 is 10.2 Å². The Balaban J connectivity index is 2.09. The van der Waals surface area contributed by atoms with Crippen LogP contribution in [0.3, 0.4) is 0 Å². The predicted octanol–water partition coefficient (Wildman–Crippen LogP) is 2.96. The highest BCUT2D eigenvalue weighted by atomic mass is 15.2. The Kier molecular flexibility index (Phi) is 3.91. The Bertz CT molecular complexity index is 391. The summed E-state index contributed by atoms with van der Waals surface area (Å²) in [5, 5.41) is 3.54. The minimum atomic E-state index is 0.141. The second-order valence-electron chi connectivity index (χ2n) is 6.29. The van der Waals surface area contributed by atoms with Crippen molar-refractivity contribution in [2.75, 3.05) is 11.9 Å². The molecular weight excluding hydrogens is 222 g/mol. The molecule has 3 heteroatoms. The molecule has 1 aromatic heterocycles. The highest BCUT2D eigenvalue weighted by molar-refractivity contribution is 5.47. The minimum Gasteiger partial charge on any atom is -0.356 e. The van der Waals surface area contributed by atoms with Crippen molar-refractivity contribution in [1.82, 2.24) is 10.3 Å². The smallest absolute Gasteiger partial charge is 0.132 e. The fraction of sp³-hybridized carbons (Fsp3) is 0.667. The van der Waals surface area contributed by atoms with Crippen LogP contribution in [0.2, 0.25) is 0 Å². The molecular formula is C15H25N3. The average molecular weight is 247 g/mol. The zero-order chi connectivity index (χ0) is 13.2. The number of rotatable bonds is 4. The van der Waals surface area contributed by atoms with Gasteiger partial charge in [0.05, 0.1) is 0 Å². The molecule has 1 aliphatic rings. The van der Waals surface area contributed by atoms with Crippen molar-refractivity contribution in [3.05, 3.63) is 23.9 Å². The fourth-order valence-electron chi connectivity index (χ4n) is 2.19. The highest BCUT2D eigenvalue weighted by Crippen LogP contribution is 2.28. The van der Waals surface area contributed by atoms with E-state index >= 15 is 0 Å². The third-order valence-electron chi connectivity index (χ3n) is 3.63. The lowest BCUT2D eigenvalue weighted by atomic mass is 9.91. The Morgan fingerprint density at radius 2 is 2.11 bits per heavy atom. The number of anilines is 1. The lowest BCUT2D eigenvalue weighted by Crippen LogP contribution is -2.39. The molecule has 1 aromatic rings. The molecule has 0 unspecified atom stereocenters. The lowest BCUT2D eigenvalue weighted by molar-refractivity contribution is 0.396. The van der Waals surface area contributed by atoms with Crippen LogP contribution in [0.5, 0.6) is 0 Å². The van der Waals surface area contributed by atoms with Gasteiger partial charge in [0.1, 0.15) is 5.82 Å². The molecule has 0 amide bonds. The molecule has 1 N–H and O–H groups in total. The van der Waals surface area contributed by atoms with Crippen LogP contribution in [-0.4, -0.2) is 23.6 Å². The fourth-order valence-corrected chi connectivity index (χ4v) is 2.19. The van der Waals surface area contributed by atoms with E-state index in [1.165, 1.54) is 24.8 Å². The number of aromatic nitrogens is 1. The Morgan fingerprint density at radius 3 is 2.67 bits per heavy atom. The number of nitrogens with zero attached hydrogens (tertiary/aromatic N) is 2. The maximum atomic E-state index is 4.57. The Morgan fingerprint density at radius 1 is 1.39 bits per heavy atom. The zero-order valence-electron chi connectivity index (χ0n) is 12.0. The highest BCUT2D eigenvalue weighted by Gasteiger charge is 2.24. The van der Waals surface area contributed by atoms with E-state index in [0.717, 1.165) is 12.4 Å². The topological polar surface area (TPSA) is 28.2 Å². The van der Waals surface area contributed by atoms with E-state index in [0.29, 0.717) is 6.04 Å². The van der Waals surface area contributed by atoms with Crippen LogP contribution in [0.1, 0.15) is 45.6 Å². The molecule has 100 valence electrons. The molecule has 0 radical (unpaired) electrons. The van der Waals surface area contributed by atoms with Crippen molar-refractivity contribution in [3.8, 4) is 0 Å². The second-order valence-corrected chi connectivity index (χ2v) is 6.29. The van der Waals surface area contributed by atoms with Gasteiger partial charge < -0.3 is 10.2 Å². The summed E-state index contributed by atoms with van der Waals surface area (Å²) in [4.78, 5) is 6.92. The summed E-state index contributed by atoms with van der Waals surface area (Å²) in [6.45, 7) is 7.46. The average Bonchev–Trinajstić information content (AvgIpc) is 2.23. The van der Waals surface area contributed by atoms with Crippen LogP contribution in [0, 0.1) is 0 Å². The van der Waals surface area contributed by atoms with Gasteiger partial charge in [0, 0.05) is 36.9 Å². The number of pyridine rings is 1. The van der Waals surface area contributed by atoms with Crippen molar-refractivity contribution >= 4 is 5.82 Å². The van der Waals surface area contributed by atoms with Gasteiger partial charge in [0.15, 0.2) is 0 Å². The maximum Gasteiger partial charge on any atom is 0.132 e. The molecule has 1 heterocycles. The summed E-state index contributed by atoms with van der Waals surface area (Å²) in [7, 11) is 2.17. The third-order valence-corrected chi connectivity index (χ3v) is 3.63. The molecule has 18 heavy (non-hydrogen) atoms. The van der Waals surface area contributed by atoms with Gasteiger partial charge in [0.25, 0.3) is 0 Å². The monoisotopic (exact) mass is 247 g/mol. The van der Waals surface area contributed by atoms with Gasteiger partial charge in [-0.2, -0.15) is 0 Å². The van der Waals surface area contributed by atoms with Crippen molar-refractivity contribution in [2.45, 2.75) is 58.2 Å². The number of hydrogen-bond acceptors (Lipinski definition) is 3. The van der Waals surface area contributed by atoms with Crippen molar-refractivity contribution < 1.29 is 0 Å². The van der Waals surface area contributed by atoms with Gasteiger partial charge in [-0.1, -0.05) is 6.07 Å². The molecule has 0 atom stereocenters. The van der Waals surface area contributed by atoms with Crippen LogP contribution >= 0.6 is 0 Å². The van der Waals surface area contributed by atoms with E-state index in [2.05, 4.69) is 49.1 Å². The van der Waals surface area contributed by atoms with E-state index in [1.54, 1.807) is 0 Å². The summed E-state index contributed by atoms with van der Waals surface area (Å²) in [5.74, 6) is 1.14.